The monoisotopic (exact) mass is 1170 g/mol. The van der Waals surface area contributed by atoms with Crippen LogP contribution in [-0.2, 0) is 56.0 Å². The molecule has 0 spiro atoms. The van der Waals surface area contributed by atoms with Crippen LogP contribution in [0, 0.1) is 0 Å². The molecular weight excluding hydrogens is 1150 g/mol. The van der Waals surface area contributed by atoms with Crippen LogP contribution in [-0.4, -0.2) is 28.3 Å². The van der Waals surface area contributed by atoms with Crippen molar-refractivity contribution in [1.82, 2.24) is 0 Å². The van der Waals surface area contributed by atoms with E-state index in [1.165, 1.54) is 12.1 Å². The highest BCUT2D eigenvalue weighted by atomic mass is 19.4. The number of benzene rings is 6. The second kappa shape index (κ2) is 20.9. The number of aromatic carboxylic acids is 2. The van der Waals surface area contributed by atoms with Gasteiger partial charge in [0.05, 0.1) is 55.5 Å². The van der Waals surface area contributed by atoms with Crippen molar-refractivity contribution < 1.29 is 130 Å². The average Bonchev–Trinajstić information content (AvgIpc) is 3.47. The topological polar surface area (TPSA) is 78.5 Å². The van der Waals surface area contributed by atoms with Gasteiger partial charge in [-0.05, 0) is 41.8 Å². The molecule has 5 nitrogen and oxygen atoms in total. The second-order valence-electron chi connectivity index (χ2n) is 17.4. The number of halogens is 24. The number of fused-ring (bicyclic) bond motifs is 1. The van der Waals surface area contributed by atoms with E-state index in [4.69, 9.17) is 5.11 Å². The lowest BCUT2D eigenvalue weighted by molar-refractivity contribution is -0.689. The highest BCUT2D eigenvalue weighted by Gasteiger charge is 2.47. The van der Waals surface area contributed by atoms with Crippen LogP contribution in [0.5, 0.6) is 0 Å². The lowest BCUT2D eigenvalue weighted by Crippen LogP contribution is -2.75. The number of hydrogen-bond acceptors (Lipinski definition) is 2. The lowest BCUT2D eigenvalue weighted by atomic mass is 9.12. The van der Waals surface area contributed by atoms with Gasteiger partial charge in [0.2, 0.25) is 0 Å². The van der Waals surface area contributed by atoms with Crippen molar-refractivity contribution >= 4 is 50.7 Å². The van der Waals surface area contributed by atoms with Gasteiger partial charge in [-0.15, -0.1) is 0 Å². The molecule has 0 unspecified atom stereocenters. The molecule has 0 saturated carbocycles. The second-order valence-corrected chi connectivity index (χ2v) is 17.4. The molecule has 0 saturated heterocycles. The van der Waals surface area contributed by atoms with Crippen molar-refractivity contribution in [3.05, 3.63) is 195 Å². The number of nitrogens with zero attached hydrogens (tertiary/aromatic N) is 1. The molecular formula is C50H26BF24NO4. The summed E-state index contributed by atoms with van der Waals surface area (Å²) in [6.07, 6.45) is -53.1. The molecule has 30 heteroatoms. The van der Waals surface area contributed by atoms with E-state index in [1.54, 1.807) is 22.9 Å². The Kier molecular flexibility index (Phi) is 16.0. The Balaban J connectivity index is 0.000000370. The summed E-state index contributed by atoms with van der Waals surface area (Å²) in [6, 6.07) is 6.97. The van der Waals surface area contributed by atoms with Gasteiger partial charge in [0.25, 0.3) is 5.69 Å². The Morgan fingerprint density at radius 1 is 0.362 bits per heavy atom. The number of pyridine rings is 1. The van der Waals surface area contributed by atoms with Gasteiger partial charge in [-0.25, -0.2) is 9.59 Å². The Hall–Kier alpha value is -7.95. The maximum atomic E-state index is 14.2. The van der Waals surface area contributed by atoms with Crippen molar-refractivity contribution in [3.8, 4) is 0 Å². The smallest absolute Gasteiger partial charge is 0.416 e. The fourth-order valence-corrected chi connectivity index (χ4v) is 8.66. The highest BCUT2D eigenvalue weighted by molar-refractivity contribution is 7.20. The summed E-state index contributed by atoms with van der Waals surface area (Å²) in [7, 11) is 0. The van der Waals surface area contributed by atoms with E-state index in [-0.39, 0.29) is 11.3 Å². The molecule has 0 aliphatic heterocycles. The minimum absolute atomic E-state index is 0.0671. The van der Waals surface area contributed by atoms with E-state index in [1.807, 2.05) is 30.3 Å². The summed E-state index contributed by atoms with van der Waals surface area (Å²) >= 11 is 0. The first-order valence-electron chi connectivity index (χ1n) is 21.6. The highest BCUT2D eigenvalue weighted by Crippen LogP contribution is 2.41. The molecule has 1 heterocycles. The van der Waals surface area contributed by atoms with Gasteiger partial charge in [-0.3, -0.25) is 0 Å². The van der Waals surface area contributed by atoms with E-state index >= 15 is 0 Å². The number of alkyl halides is 24. The van der Waals surface area contributed by atoms with Crippen LogP contribution in [0.1, 0.15) is 70.9 Å². The number of hydrogen-bond donors (Lipinski definition) is 2. The van der Waals surface area contributed by atoms with Crippen LogP contribution in [0.2, 0.25) is 0 Å². The largest absolute Gasteiger partial charge is 0.478 e. The van der Waals surface area contributed by atoms with E-state index in [9.17, 15) is 120 Å². The maximum Gasteiger partial charge on any atom is 0.416 e. The van der Waals surface area contributed by atoms with Gasteiger partial charge in [0.15, 0.2) is 12.7 Å². The molecule has 6 aromatic carbocycles. The van der Waals surface area contributed by atoms with Crippen molar-refractivity contribution in [2.24, 2.45) is 0 Å². The zero-order valence-electron chi connectivity index (χ0n) is 38.7. The first kappa shape index (κ1) is 61.3. The molecule has 2 N–H and O–H groups in total. The molecule has 0 aliphatic rings. The van der Waals surface area contributed by atoms with Crippen LogP contribution < -0.4 is 26.4 Å². The molecule has 0 radical (unpaired) electrons. The molecule has 426 valence electrons. The molecule has 0 bridgehead atoms. The SMILES string of the molecule is FC(F)(F)c1cc([B-](c2cc(C(F)(F)F)cc(C(F)(F)F)c2)(c2cc(C(F)(F)F)cc(C(F)(F)F)c2)c2cc(C(F)(F)F)cc(C(F)(F)F)c2)cc(C(F)(F)F)c1.O=C(O)c1ccc2cc[n+](Cc3ccccc3)c(C(=O)O)c2c1. The minimum atomic E-state index is -6.13. The van der Waals surface area contributed by atoms with Gasteiger partial charge in [0.1, 0.15) is 6.15 Å². The Morgan fingerprint density at radius 3 is 0.900 bits per heavy atom. The predicted molar refractivity (Wildman–Crippen MR) is 234 cm³/mol. The minimum Gasteiger partial charge on any atom is -0.478 e. The van der Waals surface area contributed by atoms with E-state index in [0.717, 1.165) is 5.56 Å². The zero-order chi connectivity index (χ0) is 60.3. The third kappa shape index (κ3) is 13.4. The number of carboxylic acids is 2. The Morgan fingerprint density at radius 2 is 0.650 bits per heavy atom. The number of carboxylic acid groups (broad SMARTS) is 2. The third-order valence-corrected chi connectivity index (χ3v) is 12.1. The van der Waals surface area contributed by atoms with Crippen molar-refractivity contribution in [3.63, 3.8) is 0 Å². The first-order valence-corrected chi connectivity index (χ1v) is 21.6. The van der Waals surface area contributed by atoms with Crippen LogP contribution in [0.4, 0.5) is 105 Å². The molecule has 7 aromatic rings. The van der Waals surface area contributed by atoms with Gasteiger partial charge < -0.3 is 10.2 Å². The van der Waals surface area contributed by atoms with E-state index in [2.05, 4.69) is 0 Å². The fraction of sp³-hybridized carbons (Fsp3) is 0.180. The van der Waals surface area contributed by atoms with Crippen LogP contribution in [0.15, 0.2) is 134 Å². The zero-order valence-corrected chi connectivity index (χ0v) is 38.7. The Bertz CT molecular complexity index is 3040. The number of carbonyl (C=O) groups is 2. The Labute approximate surface area is 430 Å². The summed E-state index contributed by atoms with van der Waals surface area (Å²) < 4.78 is 342. The predicted octanol–water partition coefficient (Wildman–Crippen LogP) is 13.8. The molecule has 80 heavy (non-hydrogen) atoms. The molecule has 0 aliphatic carbocycles. The fourth-order valence-electron chi connectivity index (χ4n) is 8.66. The van der Waals surface area contributed by atoms with Crippen molar-refractivity contribution in [2.75, 3.05) is 0 Å². The molecule has 7 rings (SSSR count). The summed E-state index contributed by atoms with van der Waals surface area (Å²) in [5, 5.41) is 19.8. The van der Waals surface area contributed by atoms with Gasteiger partial charge >= 0.3 is 61.3 Å². The number of rotatable bonds is 8. The van der Waals surface area contributed by atoms with E-state index in [0.29, 0.717) is 17.3 Å². The molecule has 1 aromatic heterocycles. The third-order valence-electron chi connectivity index (χ3n) is 12.1. The quantitative estimate of drug-likeness (QED) is 0.0903. The molecule has 0 amide bonds. The van der Waals surface area contributed by atoms with Gasteiger partial charge in [-0.2, -0.15) is 132 Å². The lowest BCUT2D eigenvalue weighted by Gasteiger charge is -2.46. The summed E-state index contributed by atoms with van der Waals surface area (Å²) in [4.78, 5) is 22.9. The van der Waals surface area contributed by atoms with Crippen molar-refractivity contribution in [1.29, 1.82) is 0 Å². The van der Waals surface area contributed by atoms with E-state index < -0.39 is 207 Å². The van der Waals surface area contributed by atoms with Crippen LogP contribution >= 0.6 is 0 Å². The standard InChI is InChI=1S/C32H12BF24.C18H13NO4/c34-25(35,36)13-1-14(26(37,38)39)6-21(5-13)33(22-7-15(27(40,41)42)2-16(8-22)28(43,44)45,23-9-17(29(46,47)48)3-18(10-23)30(49,50)51)24-11-19(31(52,53)54)4-20(12-24)32(55,56)57;20-17(21)14-7-6-13-8-9-19(11-12-4-2-1-3-5-12)16(18(22)23)15(13)10-14/h1-12H;1-10H,11H2,(H-,20,21,22,23)/q-1;/p+1. The van der Waals surface area contributed by atoms with Gasteiger partial charge in [-0.1, -0.05) is 84.9 Å². The molecule has 0 atom stereocenters. The molecule has 0 fully saturated rings. The van der Waals surface area contributed by atoms with Crippen LogP contribution in [0.3, 0.4) is 0 Å². The van der Waals surface area contributed by atoms with Gasteiger partial charge in [0, 0.05) is 11.6 Å². The average molecular weight is 1170 g/mol. The summed E-state index contributed by atoms with van der Waals surface area (Å²) in [5.74, 6) is -2.17. The normalized spacial score (nSPS) is 13.2. The number of aromatic nitrogens is 1. The van der Waals surface area contributed by atoms with Crippen molar-refractivity contribution in [2.45, 2.75) is 56.0 Å². The summed E-state index contributed by atoms with van der Waals surface area (Å²) in [5.41, 5.74) is -29.1. The maximum absolute atomic E-state index is 14.2. The first-order chi connectivity index (χ1) is 36.3. The summed E-state index contributed by atoms with van der Waals surface area (Å²) in [6.45, 7) is 0.399. The van der Waals surface area contributed by atoms with Crippen LogP contribution in [0.25, 0.3) is 10.8 Å².